The Morgan fingerprint density at radius 3 is 2.79 bits per heavy atom. The van der Waals surface area contributed by atoms with E-state index in [2.05, 4.69) is 20.8 Å². The van der Waals surface area contributed by atoms with Crippen LogP contribution in [-0.4, -0.2) is 22.0 Å². The van der Waals surface area contributed by atoms with Gasteiger partial charge in [-0.3, -0.25) is 9.59 Å². The predicted molar refractivity (Wildman–Crippen MR) is 109 cm³/mol. The number of aromatic nitrogens is 2. The number of carbonyl (C=O) groups excluding carboxylic acids is 2. The summed E-state index contributed by atoms with van der Waals surface area (Å²) in [5.74, 6) is 0.940. The van der Waals surface area contributed by atoms with E-state index >= 15 is 0 Å². The van der Waals surface area contributed by atoms with Crippen LogP contribution in [0.25, 0.3) is 10.7 Å². The Morgan fingerprint density at radius 1 is 1.18 bits per heavy atom. The van der Waals surface area contributed by atoms with Crippen molar-refractivity contribution in [1.29, 1.82) is 0 Å². The summed E-state index contributed by atoms with van der Waals surface area (Å²) >= 11 is 1.55. The molecule has 0 fully saturated rings. The molecule has 1 aromatic carbocycles. The molecule has 3 aromatic rings. The summed E-state index contributed by atoms with van der Waals surface area (Å²) < 4.78 is 5.24. The lowest BCUT2D eigenvalue weighted by molar-refractivity contribution is -0.116. The molecular formula is C20H22N4O3S. The summed E-state index contributed by atoms with van der Waals surface area (Å²) in [7, 11) is 0. The zero-order valence-electron chi connectivity index (χ0n) is 15.8. The summed E-state index contributed by atoms with van der Waals surface area (Å²) in [6, 6.07) is 9.33. The Hall–Kier alpha value is -3.00. The van der Waals surface area contributed by atoms with Gasteiger partial charge in [-0.2, -0.15) is 4.98 Å². The van der Waals surface area contributed by atoms with Crippen LogP contribution >= 0.6 is 11.3 Å². The Balaban J connectivity index is 1.50. The van der Waals surface area contributed by atoms with Crippen LogP contribution in [0, 0.1) is 6.92 Å². The van der Waals surface area contributed by atoms with Gasteiger partial charge >= 0.3 is 0 Å². The topological polar surface area (TPSA) is 97.1 Å². The van der Waals surface area contributed by atoms with Crippen molar-refractivity contribution in [3.8, 4) is 10.7 Å². The molecule has 146 valence electrons. The zero-order chi connectivity index (χ0) is 19.9. The van der Waals surface area contributed by atoms with Gasteiger partial charge in [0.2, 0.25) is 23.5 Å². The molecule has 2 N–H and O–H groups in total. The summed E-state index contributed by atoms with van der Waals surface area (Å²) in [5.41, 5.74) is 2.29. The van der Waals surface area contributed by atoms with Crippen LogP contribution in [0.1, 0.15) is 37.6 Å². The van der Waals surface area contributed by atoms with E-state index in [-0.39, 0.29) is 11.8 Å². The van der Waals surface area contributed by atoms with E-state index in [1.165, 1.54) is 0 Å². The minimum Gasteiger partial charge on any atom is -0.339 e. The number of amides is 2. The highest BCUT2D eigenvalue weighted by Crippen LogP contribution is 2.22. The molecule has 0 saturated heterocycles. The number of carbonyl (C=O) groups is 2. The Morgan fingerprint density at radius 2 is 2.04 bits per heavy atom. The molecule has 0 aliphatic carbocycles. The third-order valence-corrected chi connectivity index (χ3v) is 4.99. The van der Waals surface area contributed by atoms with Crippen LogP contribution in [0.2, 0.25) is 0 Å². The number of rotatable bonds is 8. The van der Waals surface area contributed by atoms with Gasteiger partial charge in [-0.05, 0) is 42.5 Å². The predicted octanol–water partition coefficient (Wildman–Crippen LogP) is 4.42. The minimum absolute atomic E-state index is 0.0670. The third kappa shape index (κ3) is 5.26. The normalized spacial score (nSPS) is 10.6. The van der Waals surface area contributed by atoms with E-state index < -0.39 is 0 Å². The van der Waals surface area contributed by atoms with Crippen molar-refractivity contribution in [2.24, 2.45) is 0 Å². The molecule has 0 aliphatic rings. The van der Waals surface area contributed by atoms with Gasteiger partial charge in [0.05, 0.1) is 4.88 Å². The first-order valence-electron chi connectivity index (χ1n) is 9.12. The van der Waals surface area contributed by atoms with Gasteiger partial charge in [-0.25, -0.2) is 0 Å². The molecule has 8 heteroatoms. The highest BCUT2D eigenvalue weighted by Gasteiger charge is 2.11. The lowest BCUT2D eigenvalue weighted by Crippen LogP contribution is -2.14. The number of hydrogen-bond donors (Lipinski definition) is 2. The number of anilines is 2. The standard InChI is InChI=1S/C20H22N4O3S/c1-3-17(25)21-14-10-9-13(2)15(12-14)22-18(26)7-4-8-19-23-20(24-27-19)16-6-5-11-28-16/h5-6,9-12H,3-4,7-8H2,1-2H3,(H,21,25)(H,22,26). The number of benzene rings is 1. The average molecular weight is 398 g/mol. The highest BCUT2D eigenvalue weighted by molar-refractivity contribution is 7.13. The fraction of sp³-hybridized carbons (Fsp3) is 0.300. The van der Waals surface area contributed by atoms with Crippen LogP contribution in [0.15, 0.2) is 40.2 Å². The number of hydrogen-bond acceptors (Lipinski definition) is 6. The quantitative estimate of drug-likeness (QED) is 0.585. The first-order chi connectivity index (χ1) is 13.5. The van der Waals surface area contributed by atoms with Crippen LogP contribution < -0.4 is 10.6 Å². The van der Waals surface area contributed by atoms with E-state index in [0.717, 1.165) is 10.4 Å². The van der Waals surface area contributed by atoms with Gasteiger partial charge in [-0.15, -0.1) is 11.3 Å². The summed E-state index contributed by atoms with van der Waals surface area (Å²) in [6.45, 7) is 3.70. The molecule has 7 nitrogen and oxygen atoms in total. The van der Waals surface area contributed by atoms with Gasteiger partial charge in [0.25, 0.3) is 0 Å². The number of nitrogens with one attached hydrogen (secondary N) is 2. The van der Waals surface area contributed by atoms with Crippen LogP contribution in [0.4, 0.5) is 11.4 Å². The number of thiophene rings is 1. The second-order valence-corrected chi connectivity index (χ2v) is 7.27. The van der Waals surface area contributed by atoms with Crippen molar-refractivity contribution in [2.45, 2.75) is 39.5 Å². The monoisotopic (exact) mass is 398 g/mol. The summed E-state index contributed by atoms with van der Waals surface area (Å²) in [6.07, 6.45) is 1.88. The molecule has 0 unspecified atom stereocenters. The first-order valence-corrected chi connectivity index (χ1v) is 10.00. The lowest BCUT2D eigenvalue weighted by atomic mass is 10.1. The van der Waals surface area contributed by atoms with Crippen molar-refractivity contribution in [2.75, 3.05) is 10.6 Å². The smallest absolute Gasteiger partial charge is 0.226 e. The van der Waals surface area contributed by atoms with Gasteiger partial charge in [0.15, 0.2) is 0 Å². The molecule has 3 rings (SSSR count). The maximum atomic E-state index is 12.3. The molecule has 0 radical (unpaired) electrons. The van der Waals surface area contributed by atoms with Crippen molar-refractivity contribution < 1.29 is 14.1 Å². The first kappa shape index (κ1) is 19.8. The summed E-state index contributed by atoms with van der Waals surface area (Å²) in [4.78, 5) is 29.1. The fourth-order valence-corrected chi connectivity index (χ4v) is 3.21. The highest BCUT2D eigenvalue weighted by atomic mass is 32.1. The van der Waals surface area contributed by atoms with Crippen molar-refractivity contribution in [3.63, 3.8) is 0 Å². The zero-order valence-corrected chi connectivity index (χ0v) is 16.6. The van der Waals surface area contributed by atoms with E-state index in [1.54, 1.807) is 24.3 Å². The van der Waals surface area contributed by atoms with Crippen LogP contribution in [-0.2, 0) is 16.0 Å². The second-order valence-electron chi connectivity index (χ2n) is 6.32. The molecule has 2 amide bonds. The van der Waals surface area contributed by atoms with Gasteiger partial charge in [0, 0.05) is 30.6 Å². The summed E-state index contributed by atoms with van der Waals surface area (Å²) in [5, 5.41) is 11.6. The lowest BCUT2D eigenvalue weighted by Gasteiger charge is -2.11. The Labute approximate surface area is 167 Å². The third-order valence-electron chi connectivity index (χ3n) is 4.12. The Bertz CT molecular complexity index is 950. The largest absolute Gasteiger partial charge is 0.339 e. The van der Waals surface area contributed by atoms with Crippen LogP contribution in [0.3, 0.4) is 0 Å². The van der Waals surface area contributed by atoms with E-state index in [1.807, 2.05) is 36.6 Å². The van der Waals surface area contributed by atoms with Crippen molar-refractivity contribution in [1.82, 2.24) is 10.1 Å². The molecule has 2 heterocycles. The van der Waals surface area contributed by atoms with Gasteiger partial charge < -0.3 is 15.2 Å². The van der Waals surface area contributed by atoms with Crippen molar-refractivity contribution >= 4 is 34.5 Å². The van der Waals surface area contributed by atoms with E-state index in [0.29, 0.717) is 48.8 Å². The number of nitrogens with zero attached hydrogens (tertiary/aromatic N) is 2. The molecule has 0 atom stereocenters. The maximum Gasteiger partial charge on any atom is 0.226 e. The van der Waals surface area contributed by atoms with E-state index in [9.17, 15) is 9.59 Å². The van der Waals surface area contributed by atoms with Crippen molar-refractivity contribution in [3.05, 3.63) is 47.2 Å². The maximum absolute atomic E-state index is 12.3. The Kier molecular flexibility index (Phi) is 6.54. The molecule has 0 aliphatic heterocycles. The van der Waals surface area contributed by atoms with Gasteiger partial charge in [-0.1, -0.05) is 24.2 Å². The molecule has 2 aromatic heterocycles. The molecule has 0 bridgehead atoms. The second kappa shape index (κ2) is 9.27. The molecular weight excluding hydrogens is 376 g/mol. The average Bonchev–Trinajstić information content (AvgIpc) is 3.36. The SMILES string of the molecule is CCC(=O)Nc1ccc(C)c(NC(=O)CCCc2nc(-c3cccs3)no2)c1. The van der Waals surface area contributed by atoms with Gasteiger partial charge in [0.1, 0.15) is 0 Å². The minimum atomic E-state index is -0.0972. The number of aryl methyl sites for hydroxylation is 2. The van der Waals surface area contributed by atoms with E-state index in [4.69, 9.17) is 4.52 Å². The molecule has 0 spiro atoms. The van der Waals surface area contributed by atoms with Crippen LogP contribution in [0.5, 0.6) is 0 Å². The fourth-order valence-electron chi connectivity index (χ4n) is 2.56. The molecule has 28 heavy (non-hydrogen) atoms. The molecule has 0 saturated carbocycles.